The van der Waals surface area contributed by atoms with E-state index < -0.39 is 0 Å². The third kappa shape index (κ3) is 2.36. The van der Waals surface area contributed by atoms with E-state index in [-0.39, 0.29) is 18.6 Å². The Morgan fingerprint density at radius 3 is 2.10 bits per heavy atom. The predicted octanol–water partition coefficient (Wildman–Crippen LogP) is 3.06. The largest absolute Gasteiger partial charge is 0.0727 e. The third-order valence-electron chi connectivity index (χ3n) is 2.03. The van der Waals surface area contributed by atoms with Crippen molar-refractivity contribution in [1.82, 2.24) is 0 Å². The summed E-state index contributed by atoms with van der Waals surface area (Å²) in [4.78, 5) is 0. The summed E-state index contributed by atoms with van der Waals surface area (Å²) >= 11 is 0. The van der Waals surface area contributed by atoms with Crippen LogP contribution in [0.15, 0.2) is 22.8 Å². The van der Waals surface area contributed by atoms with E-state index in [2.05, 4.69) is 26.8 Å². The molecule has 0 heterocycles. The molecule has 0 aromatic heterocycles. The molecule has 1 aliphatic rings. The summed E-state index contributed by atoms with van der Waals surface area (Å²) in [6.45, 7) is 6.62. The summed E-state index contributed by atoms with van der Waals surface area (Å²) in [5.41, 5.74) is 4.55. The van der Waals surface area contributed by atoms with Crippen molar-refractivity contribution in [2.45, 2.75) is 33.6 Å². The smallest absolute Gasteiger partial charge is 0 e. The van der Waals surface area contributed by atoms with E-state index in [1.165, 1.54) is 24.0 Å². The van der Waals surface area contributed by atoms with Crippen LogP contribution in [0.5, 0.6) is 0 Å². The van der Waals surface area contributed by atoms with Crippen molar-refractivity contribution < 1.29 is 18.6 Å². The number of hydrogen-bond acceptors (Lipinski definition) is 0. The molecule has 0 nitrogen and oxygen atoms in total. The first-order chi connectivity index (χ1) is 4.20. The van der Waals surface area contributed by atoms with Crippen LogP contribution < -0.4 is 0 Å². The van der Waals surface area contributed by atoms with Gasteiger partial charge in [0.25, 0.3) is 0 Å². The van der Waals surface area contributed by atoms with Crippen molar-refractivity contribution in [2.75, 3.05) is 0 Å². The normalized spacial score (nSPS) is 18.1. The maximum atomic E-state index is 2.29. The van der Waals surface area contributed by atoms with Gasteiger partial charge in [-0.3, -0.25) is 0 Å². The van der Waals surface area contributed by atoms with Crippen LogP contribution in [0.25, 0.3) is 0 Å². The Bertz CT molecular complexity index is 175. The summed E-state index contributed by atoms with van der Waals surface area (Å²) < 4.78 is 0. The molecule has 1 rings (SSSR count). The molecule has 0 saturated carbocycles. The number of rotatable bonds is 0. The van der Waals surface area contributed by atoms with Gasteiger partial charge in [-0.05, 0) is 33.6 Å². The molecular formula is C9H14V. The second-order valence-corrected chi connectivity index (χ2v) is 2.95. The van der Waals surface area contributed by atoms with Crippen LogP contribution in [-0.4, -0.2) is 0 Å². The van der Waals surface area contributed by atoms with Crippen LogP contribution in [-0.2, 0) is 18.6 Å². The summed E-state index contributed by atoms with van der Waals surface area (Å²) in [5.74, 6) is 0. The van der Waals surface area contributed by atoms with Gasteiger partial charge in [0.1, 0.15) is 0 Å². The Labute approximate surface area is 75.3 Å². The SMILES string of the molecule is CC1=CC(C)=C(C)CC1.[V]. The van der Waals surface area contributed by atoms with Crippen molar-refractivity contribution in [3.8, 4) is 0 Å². The van der Waals surface area contributed by atoms with E-state index in [1.54, 1.807) is 5.57 Å². The standard InChI is InChI=1S/C9H14.V/c1-7-4-5-8(2)9(3)6-7;/h6H,4-5H2,1-3H3;. The fourth-order valence-electron chi connectivity index (χ4n) is 1.15. The van der Waals surface area contributed by atoms with Crippen LogP contribution in [0.2, 0.25) is 0 Å². The van der Waals surface area contributed by atoms with E-state index in [9.17, 15) is 0 Å². The molecule has 0 fully saturated rings. The van der Waals surface area contributed by atoms with Crippen molar-refractivity contribution in [3.05, 3.63) is 22.8 Å². The third-order valence-corrected chi connectivity index (χ3v) is 2.03. The zero-order valence-electron chi connectivity index (χ0n) is 6.94. The first kappa shape index (κ1) is 10.1. The summed E-state index contributed by atoms with van der Waals surface area (Å²) in [6.07, 6.45) is 4.83. The van der Waals surface area contributed by atoms with Gasteiger partial charge in [-0.25, -0.2) is 0 Å². The monoisotopic (exact) mass is 173 g/mol. The maximum Gasteiger partial charge on any atom is 0 e. The van der Waals surface area contributed by atoms with Crippen molar-refractivity contribution >= 4 is 0 Å². The van der Waals surface area contributed by atoms with Crippen LogP contribution in [0.3, 0.4) is 0 Å². The van der Waals surface area contributed by atoms with Gasteiger partial charge < -0.3 is 0 Å². The minimum Gasteiger partial charge on any atom is -0.0727 e. The first-order valence-electron chi connectivity index (χ1n) is 3.53. The van der Waals surface area contributed by atoms with Gasteiger partial charge in [0, 0.05) is 18.6 Å². The zero-order valence-corrected chi connectivity index (χ0v) is 8.34. The van der Waals surface area contributed by atoms with E-state index in [4.69, 9.17) is 0 Å². The van der Waals surface area contributed by atoms with Gasteiger partial charge in [0.05, 0.1) is 0 Å². The average Bonchev–Trinajstić information content (AvgIpc) is 1.80. The Hall–Kier alpha value is 0.0644. The maximum absolute atomic E-state index is 2.29. The van der Waals surface area contributed by atoms with Crippen LogP contribution >= 0.6 is 0 Å². The van der Waals surface area contributed by atoms with Crippen molar-refractivity contribution in [1.29, 1.82) is 0 Å². The second-order valence-electron chi connectivity index (χ2n) is 2.95. The molecule has 0 aromatic rings. The number of hydrogen-bond donors (Lipinski definition) is 0. The molecule has 0 aliphatic heterocycles. The van der Waals surface area contributed by atoms with Gasteiger partial charge in [-0.2, -0.15) is 0 Å². The molecule has 55 valence electrons. The Morgan fingerprint density at radius 2 is 1.70 bits per heavy atom. The van der Waals surface area contributed by atoms with Gasteiger partial charge in [0.2, 0.25) is 0 Å². The molecule has 1 heteroatoms. The zero-order chi connectivity index (χ0) is 6.85. The molecule has 0 spiro atoms. The van der Waals surface area contributed by atoms with Gasteiger partial charge in [-0.1, -0.05) is 22.8 Å². The molecule has 1 radical (unpaired) electrons. The molecule has 0 atom stereocenters. The molecule has 0 amide bonds. The van der Waals surface area contributed by atoms with Crippen LogP contribution in [0, 0.1) is 0 Å². The van der Waals surface area contributed by atoms with Crippen molar-refractivity contribution in [3.63, 3.8) is 0 Å². The minimum atomic E-state index is 0. The average molecular weight is 173 g/mol. The number of allylic oxidation sites excluding steroid dienone is 4. The van der Waals surface area contributed by atoms with E-state index in [1.807, 2.05) is 0 Å². The Balaban J connectivity index is 0.000000810. The predicted molar refractivity (Wildman–Crippen MR) is 41.4 cm³/mol. The van der Waals surface area contributed by atoms with Gasteiger partial charge >= 0.3 is 0 Å². The molecular weight excluding hydrogens is 159 g/mol. The Morgan fingerprint density at radius 1 is 1.10 bits per heavy atom. The molecule has 0 saturated heterocycles. The van der Waals surface area contributed by atoms with E-state index >= 15 is 0 Å². The molecule has 1 aliphatic carbocycles. The second kappa shape index (κ2) is 4.05. The quantitative estimate of drug-likeness (QED) is 0.528. The Kier molecular flexibility index (Phi) is 4.08. The minimum absolute atomic E-state index is 0. The summed E-state index contributed by atoms with van der Waals surface area (Å²) in [5, 5.41) is 0. The van der Waals surface area contributed by atoms with E-state index in [0.717, 1.165) is 0 Å². The summed E-state index contributed by atoms with van der Waals surface area (Å²) in [6, 6.07) is 0. The summed E-state index contributed by atoms with van der Waals surface area (Å²) in [7, 11) is 0. The van der Waals surface area contributed by atoms with Crippen LogP contribution in [0.4, 0.5) is 0 Å². The van der Waals surface area contributed by atoms with Gasteiger partial charge in [-0.15, -0.1) is 0 Å². The first-order valence-corrected chi connectivity index (χ1v) is 3.53. The van der Waals surface area contributed by atoms with Crippen LogP contribution in [0.1, 0.15) is 33.6 Å². The van der Waals surface area contributed by atoms with Gasteiger partial charge in [0.15, 0.2) is 0 Å². The molecule has 10 heavy (non-hydrogen) atoms. The molecule has 0 unspecified atom stereocenters. The van der Waals surface area contributed by atoms with E-state index in [0.29, 0.717) is 0 Å². The fourth-order valence-corrected chi connectivity index (χ4v) is 1.15. The molecule has 0 bridgehead atoms. The molecule has 0 aromatic carbocycles. The molecule has 0 N–H and O–H groups in total. The topological polar surface area (TPSA) is 0 Å². The fraction of sp³-hybridized carbons (Fsp3) is 0.556. The van der Waals surface area contributed by atoms with Crippen molar-refractivity contribution in [2.24, 2.45) is 0 Å².